The highest BCUT2D eigenvalue weighted by Crippen LogP contribution is 2.45. The van der Waals surface area contributed by atoms with E-state index in [0.29, 0.717) is 6.61 Å². The molecule has 0 aromatic heterocycles. The SMILES string of the molecule is C=CCCC/C(C=C)=C1/CCCCC(C(=O)OCC2c3ccccc3-c3ccccc32)C1CCCC=C. The van der Waals surface area contributed by atoms with Crippen LogP contribution in [0.15, 0.2) is 97.6 Å². The zero-order valence-corrected chi connectivity index (χ0v) is 22.3. The predicted molar refractivity (Wildman–Crippen MR) is 155 cm³/mol. The molecule has 1 saturated carbocycles. The largest absolute Gasteiger partial charge is 0.464 e. The van der Waals surface area contributed by atoms with E-state index in [0.717, 1.165) is 64.2 Å². The Kier molecular flexibility index (Phi) is 9.77. The van der Waals surface area contributed by atoms with Crippen molar-refractivity contribution in [1.82, 2.24) is 0 Å². The van der Waals surface area contributed by atoms with Gasteiger partial charge in [0.1, 0.15) is 6.61 Å². The molecule has 2 unspecified atom stereocenters. The number of fused-ring (bicyclic) bond motifs is 3. The van der Waals surface area contributed by atoms with Crippen molar-refractivity contribution in [2.75, 3.05) is 6.61 Å². The Labute approximate surface area is 223 Å². The number of allylic oxidation sites excluding steroid dienone is 5. The van der Waals surface area contributed by atoms with E-state index in [-0.39, 0.29) is 23.7 Å². The van der Waals surface area contributed by atoms with Gasteiger partial charge in [0.2, 0.25) is 0 Å². The molecule has 2 aromatic rings. The zero-order chi connectivity index (χ0) is 26.0. The van der Waals surface area contributed by atoms with Gasteiger partial charge in [-0.25, -0.2) is 0 Å². The zero-order valence-electron chi connectivity index (χ0n) is 22.3. The summed E-state index contributed by atoms with van der Waals surface area (Å²) in [5.41, 5.74) is 7.82. The summed E-state index contributed by atoms with van der Waals surface area (Å²) in [6.07, 6.45) is 16.2. The van der Waals surface area contributed by atoms with Gasteiger partial charge >= 0.3 is 5.97 Å². The summed E-state index contributed by atoms with van der Waals surface area (Å²) in [4.78, 5) is 13.8. The first-order chi connectivity index (χ1) is 18.2. The Morgan fingerprint density at radius 2 is 1.54 bits per heavy atom. The lowest BCUT2D eigenvalue weighted by Gasteiger charge is -2.28. The van der Waals surface area contributed by atoms with Crippen LogP contribution in [0.1, 0.15) is 81.3 Å². The average Bonchev–Trinajstić information content (AvgIpc) is 3.09. The average molecular weight is 495 g/mol. The number of carbonyl (C=O) groups is 1. The van der Waals surface area contributed by atoms with Crippen LogP contribution >= 0.6 is 0 Å². The van der Waals surface area contributed by atoms with Crippen LogP contribution in [0, 0.1) is 11.8 Å². The van der Waals surface area contributed by atoms with E-state index < -0.39 is 0 Å². The molecule has 2 heteroatoms. The normalized spacial score (nSPS) is 20.3. The van der Waals surface area contributed by atoms with Gasteiger partial charge in [-0.1, -0.05) is 85.3 Å². The highest BCUT2D eigenvalue weighted by molar-refractivity contribution is 5.79. The lowest BCUT2D eigenvalue weighted by molar-refractivity contribution is -0.150. The quantitative estimate of drug-likeness (QED) is 0.127. The summed E-state index contributed by atoms with van der Waals surface area (Å²) >= 11 is 0. The monoisotopic (exact) mass is 494 g/mol. The Balaban J connectivity index is 1.56. The highest BCUT2D eigenvalue weighted by Gasteiger charge is 2.36. The summed E-state index contributed by atoms with van der Waals surface area (Å²) in [7, 11) is 0. The lowest BCUT2D eigenvalue weighted by Crippen LogP contribution is -2.28. The van der Waals surface area contributed by atoms with E-state index in [4.69, 9.17) is 4.74 Å². The second kappa shape index (κ2) is 13.4. The van der Waals surface area contributed by atoms with Crippen LogP contribution in [0.5, 0.6) is 0 Å². The summed E-state index contributed by atoms with van der Waals surface area (Å²) in [5, 5.41) is 0. The van der Waals surface area contributed by atoms with E-state index in [2.05, 4.69) is 68.3 Å². The number of benzene rings is 2. The minimum Gasteiger partial charge on any atom is -0.464 e. The number of hydrogen-bond acceptors (Lipinski definition) is 2. The fourth-order valence-electron chi connectivity index (χ4n) is 6.39. The van der Waals surface area contributed by atoms with E-state index in [1.807, 2.05) is 18.2 Å². The fraction of sp³-hybridized carbons (Fsp3) is 0.400. The number of esters is 1. The molecule has 0 spiro atoms. The molecule has 0 bridgehead atoms. The van der Waals surface area contributed by atoms with Crippen molar-refractivity contribution < 1.29 is 9.53 Å². The third kappa shape index (κ3) is 6.24. The molecule has 0 aliphatic heterocycles. The van der Waals surface area contributed by atoms with Gasteiger partial charge in [-0.15, -0.1) is 13.2 Å². The molecular formula is C35H42O2. The van der Waals surface area contributed by atoms with E-state index in [1.165, 1.54) is 33.4 Å². The first-order valence-electron chi connectivity index (χ1n) is 14.1. The van der Waals surface area contributed by atoms with Crippen molar-refractivity contribution in [3.63, 3.8) is 0 Å². The molecule has 2 aromatic carbocycles. The third-order valence-corrected chi connectivity index (χ3v) is 8.24. The summed E-state index contributed by atoms with van der Waals surface area (Å²) in [6, 6.07) is 17.1. The van der Waals surface area contributed by atoms with Gasteiger partial charge in [-0.2, -0.15) is 0 Å². The predicted octanol–water partition coefficient (Wildman–Crippen LogP) is 9.34. The number of unbranched alkanes of at least 4 members (excludes halogenated alkanes) is 2. The maximum absolute atomic E-state index is 13.8. The van der Waals surface area contributed by atoms with Crippen molar-refractivity contribution in [1.29, 1.82) is 0 Å². The van der Waals surface area contributed by atoms with Crippen LogP contribution in [0.3, 0.4) is 0 Å². The fourth-order valence-corrected chi connectivity index (χ4v) is 6.39. The number of rotatable bonds is 12. The number of carbonyl (C=O) groups excluding carboxylic acids is 1. The van der Waals surface area contributed by atoms with Crippen molar-refractivity contribution in [3.8, 4) is 11.1 Å². The molecule has 0 radical (unpaired) electrons. The second-order valence-corrected chi connectivity index (χ2v) is 10.5. The maximum Gasteiger partial charge on any atom is 0.309 e. The molecule has 0 N–H and O–H groups in total. The van der Waals surface area contributed by atoms with Crippen LogP contribution in [-0.2, 0) is 9.53 Å². The topological polar surface area (TPSA) is 26.3 Å². The molecule has 194 valence electrons. The molecule has 2 aliphatic carbocycles. The van der Waals surface area contributed by atoms with Crippen LogP contribution in [-0.4, -0.2) is 12.6 Å². The van der Waals surface area contributed by atoms with Gasteiger partial charge in [-0.05, 0) is 91.5 Å². The Bertz CT molecular complexity index is 1090. The molecule has 0 amide bonds. The Morgan fingerprint density at radius 3 is 2.19 bits per heavy atom. The molecule has 2 atom stereocenters. The van der Waals surface area contributed by atoms with Crippen LogP contribution in [0.4, 0.5) is 0 Å². The highest BCUT2D eigenvalue weighted by atomic mass is 16.5. The minimum absolute atomic E-state index is 0.0284. The smallest absolute Gasteiger partial charge is 0.309 e. The Morgan fingerprint density at radius 1 is 0.892 bits per heavy atom. The van der Waals surface area contributed by atoms with Crippen LogP contribution in [0.2, 0.25) is 0 Å². The Hall–Kier alpha value is -3.13. The third-order valence-electron chi connectivity index (χ3n) is 8.24. The van der Waals surface area contributed by atoms with Crippen molar-refractivity contribution >= 4 is 5.97 Å². The molecule has 0 heterocycles. The van der Waals surface area contributed by atoms with Crippen LogP contribution in [0.25, 0.3) is 11.1 Å². The second-order valence-electron chi connectivity index (χ2n) is 10.5. The van der Waals surface area contributed by atoms with Gasteiger partial charge in [-0.3, -0.25) is 4.79 Å². The first-order valence-corrected chi connectivity index (χ1v) is 14.1. The molecular weight excluding hydrogens is 452 g/mol. The summed E-state index contributed by atoms with van der Waals surface area (Å²) in [6.45, 7) is 12.4. The van der Waals surface area contributed by atoms with Gasteiger partial charge in [0.05, 0.1) is 5.92 Å². The number of ether oxygens (including phenoxy) is 1. The maximum atomic E-state index is 13.8. The first kappa shape index (κ1) is 26.9. The standard InChI is InChI=1S/C35H42O2/c1-4-7-9-17-26(6-3)27-18-11-16-24-33(28(27)19-10-8-5-2)35(36)37-25-34-31-22-14-12-20-29(31)30-21-13-15-23-32(30)34/h4-6,12-15,20-23,28,33-34H,1-3,7-11,16-19,24-25H2/b27-26-. The van der Waals surface area contributed by atoms with E-state index in [1.54, 1.807) is 0 Å². The van der Waals surface area contributed by atoms with E-state index in [9.17, 15) is 4.79 Å². The van der Waals surface area contributed by atoms with Crippen molar-refractivity contribution in [2.24, 2.45) is 11.8 Å². The molecule has 37 heavy (non-hydrogen) atoms. The molecule has 2 nitrogen and oxygen atoms in total. The van der Waals surface area contributed by atoms with Gasteiger partial charge in [0, 0.05) is 5.92 Å². The molecule has 4 rings (SSSR count). The summed E-state index contributed by atoms with van der Waals surface area (Å²) < 4.78 is 6.21. The van der Waals surface area contributed by atoms with Crippen LogP contribution < -0.4 is 0 Å². The number of hydrogen-bond donors (Lipinski definition) is 0. The van der Waals surface area contributed by atoms with E-state index >= 15 is 0 Å². The van der Waals surface area contributed by atoms with Gasteiger partial charge in [0.15, 0.2) is 0 Å². The van der Waals surface area contributed by atoms with Gasteiger partial charge in [0.25, 0.3) is 0 Å². The summed E-state index contributed by atoms with van der Waals surface area (Å²) in [5.74, 6) is 0.191. The van der Waals surface area contributed by atoms with Crippen molar-refractivity contribution in [3.05, 3.63) is 109 Å². The lowest BCUT2D eigenvalue weighted by atomic mass is 9.78. The van der Waals surface area contributed by atoms with Gasteiger partial charge < -0.3 is 4.74 Å². The van der Waals surface area contributed by atoms with Crippen molar-refractivity contribution in [2.45, 2.75) is 70.1 Å². The molecule has 1 fully saturated rings. The molecule has 2 aliphatic rings. The molecule has 0 saturated heterocycles. The minimum atomic E-state index is -0.0939.